The molecule has 1 aliphatic heterocycles. The Kier molecular flexibility index (Phi) is 6.69. The van der Waals surface area contributed by atoms with E-state index in [4.69, 9.17) is 0 Å². The average Bonchev–Trinajstić information content (AvgIpc) is 2.56. The summed E-state index contributed by atoms with van der Waals surface area (Å²) in [4.78, 5) is 12.0. The van der Waals surface area contributed by atoms with Gasteiger partial charge < -0.3 is 9.64 Å². The molecule has 0 aromatic heterocycles. The topological polar surface area (TPSA) is 29.5 Å². The van der Waals surface area contributed by atoms with Crippen LogP contribution in [0.1, 0.15) is 19.8 Å². The summed E-state index contributed by atoms with van der Waals surface area (Å²) in [5.41, 5.74) is 0. The zero-order chi connectivity index (χ0) is 10.1. The molecule has 0 N–H and O–H groups in total. The molecule has 0 saturated carbocycles. The third kappa shape index (κ3) is 7.12. The molecule has 0 aliphatic carbocycles. The molecule has 0 unspecified atom stereocenters. The Morgan fingerprint density at radius 3 is 2.08 bits per heavy atom. The highest BCUT2D eigenvalue weighted by atomic mass is 16.5. The summed E-state index contributed by atoms with van der Waals surface area (Å²) in [6.07, 6.45) is 5.73. The maximum Gasteiger partial charge on any atom is 0.307 e. The fraction of sp³-hybridized carbons (Fsp3) is 0.500. The molecule has 0 amide bonds. The summed E-state index contributed by atoms with van der Waals surface area (Å²) >= 11 is 0. The molecular weight excluding hydrogens is 166 g/mol. The van der Waals surface area contributed by atoms with Gasteiger partial charge in [0.15, 0.2) is 0 Å². The van der Waals surface area contributed by atoms with Crippen molar-refractivity contribution in [3.05, 3.63) is 25.6 Å². The quantitative estimate of drug-likeness (QED) is 0.484. The zero-order valence-electron chi connectivity index (χ0n) is 8.16. The molecule has 1 rings (SSSR count). The summed E-state index contributed by atoms with van der Waals surface area (Å²) < 4.78 is 4.17. The van der Waals surface area contributed by atoms with E-state index >= 15 is 0 Å². The van der Waals surface area contributed by atoms with Crippen molar-refractivity contribution in [2.45, 2.75) is 19.8 Å². The van der Waals surface area contributed by atoms with Gasteiger partial charge in [0.05, 0.1) is 6.26 Å². The van der Waals surface area contributed by atoms with E-state index in [1.165, 1.54) is 32.9 Å². The average molecular weight is 183 g/mol. The van der Waals surface area contributed by atoms with Crippen molar-refractivity contribution in [3.8, 4) is 0 Å². The molecule has 0 spiro atoms. The van der Waals surface area contributed by atoms with Crippen LogP contribution in [0.4, 0.5) is 0 Å². The van der Waals surface area contributed by atoms with Gasteiger partial charge in [0, 0.05) is 20.0 Å². The van der Waals surface area contributed by atoms with E-state index < -0.39 is 0 Å². The zero-order valence-corrected chi connectivity index (χ0v) is 8.16. The lowest BCUT2D eigenvalue weighted by Crippen LogP contribution is -2.08. The Morgan fingerprint density at radius 2 is 1.92 bits per heavy atom. The van der Waals surface area contributed by atoms with Crippen molar-refractivity contribution in [3.63, 3.8) is 0 Å². The van der Waals surface area contributed by atoms with Gasteiger partial charge in [-0.15, -0.1) is 0 Å². The molecule has 1 fully saturated rings. The Hall–Kier alpha value is -1.25. The monoisotopic (exact) mass is 183 g/mol. The van der Waals surface area contributed by atoms with E-state index in [2.05, 4.69) is 22.8 Å². The molecule has 3 nitrogen and oxygen atoms in total. The van der Waals surface area contributed by atoms with Crippen LogP contribution in [-0.4, -0.2) is 24.0 Å². The van der Waals surface area contributed by atoms with Crippen molar-refractivity contribution >= 4 is 5.97 Å². The first-order valence-electron chi connectivity index (χ1n) is 4.35. The van der Waals surface area contributed by atoms with E-state index in [0.717, 1.165) is 6.26 Å². The predicted octanol–water partition coefficient (Wildman–Crippen LogP) is 1.92. The lowest BCUT2D eigenvalue weighted by Gasteiger charge is -2.07. The van der Waals surface area contributed by atoms with Gasteiger partial charge in [0.2, 0.25) is 0 Å². The third-order valence-corrected chi connectivity index (χ3v) is 1.65. The minimum Gasteiger partial charge on any atom is -0.435 e. The molecule has 1 saturated heterocycles. The first-order valence-corrected chi connectivity index (χ1v) is 4.35. The van der Waals surface area contributed by atoms with Gasteiger partial charge in [0.25, 0.3) is 0 Å². The number of nitrogens with zero attached hydrogens (tertiary/aromatic N) is 1. The van der Waals surface area contributed by atoms with Crippen molar-refractivity contribution in [1.82, 2.24) is 4.90 Å². The number of ether oxygens (including phenoxy) is 1. The molecule has 74 valence electrons. The number of hydrogen-bond donors (Lipinski definition) is 0. The Bertz CT molecular complexity index is 172. The molecule has 0 atom stereocenters. The number of carbonyl (C=O) groups excluding carboxylic acids is 1. The van der Waals surface area contributed by atoms with E-state index in [9.17, 15) is 4.79 Å². The fourth-order valence-electron chi connectivity index (χ4n) is 1.04. The number of carbonyl (C=O) groups is 1. The van der Waals surface area contributed by atoms with Gasteiger partial charge in [-0.2, -0.15) is 0 Å². The summed E-state index contributed by atoms with van der Waals surface area (Å²) in [5, 5.41) is 0. The van der Waals surface area contributed by atoms with Crippen molar-refractivity contribution in [2.24, 2.45) is 0 Å². The minimum absolute atomic E-state index is 0.329. The molecular formula is C10H17NO2. The second-order valence-electron chi connectivity index (χ2n) is 2.70. The molecule has 0 radical (unpaired) electrons. The summed E-state index contributed by atoms with van der Waals surface area (Å²) in [6, 6.07) is 0. The first-order chi connectivity index (χ1) is 6.20. The van der Waals surface area contributed by atoms with Gasteiger partial charge in [-0.25, -0.2) is 0 Å². The lowest BCUT2D eigenvalue weighted by molar-refractivity contribution is -0.135. The fourth-order valence-corrected chi connectivity index (χ4v) is 1.04. The SMILES string of the molecule is C=CN1CCCC1.C=COC(C)=O. The van der Waals surface area contributed by atoms with E-state index in [-0.39, 0.29) is 5.97 Å². The van der Waals surface area contributed by atoms with E-state index in [1.807, 2.05) is 6.20 Å². The van der Waals surface area contributed by atoms with Crippen LogP contribution >= 0.6 is 0 Å². The van der Waals surface area contributed by atoms with Crippen molar-refractivity contribution < 1.29 is 9.53 Å². The normalized spacial score (nSPS) is 14.1. The molecule has 0 aromatic rings. The standard InChI is InChI=1S/C6H11N.C4H6O2/c1-2-7-5-3-4-6-7;1-3-6-4(2)5/h2H,1,3-6H2;3H,1H2,2H3. The Labute approximate surface area is 79.7 Å². The first kappa shape index (κ1) is 11.8. The maximum atomic E-state index is 9.75. The van der Waals surface area contributed by atoms with Gasteiger partial charge >= 0.3 is 5.97 Å². The number of likely N-dealkylation sites (tertiary alicyclic amines) is 1. The molecule has 0 aromatic carbocycles. The van der Waals surface area contributed by atoms with Gasteiger partial charge in [-0.3, -0.25) is 4.79 Å². The second-order valence-corrected chi connectivity index (χ2v) is 2.70. The van der Waals surface area contributed by atoms with Crippen LogP contribution in [0.3, 0.4) is 0 Å². The van der Waals surface area contributed by atoms with Crippen LogP contribution in [-0.2, 0) is 9.53 Å². The smallest absolute Gasteiger partial charge is 0.307 e. The molecule has 1 heterocycles. The highest BCUT2D eigenvalue weighted by Gasteiger charge is 2.04. The lowest BCUT2D eigenvalue weighted by atomic mass is 10.4. The molecule has 1 aliphatic rings. The maximum absolute atomic E-state index is 9.75. The van der Waals surface area contributed by atoms with Crippen molar-refractivity contribution in [2.75, 3.05) is 13.1 Å². The molecule has 13 heavy (non-hydrogen) atoms. The van der Waals surface area contributed by atoms with Crippen LogP contribution in [0.5, 0.6) is 0 Å². The van der Waals surface area contributed by atoms with Crippen LogP contribution in [0.15, 0.2) is 25.6 Å². The number of hydrogen-bond acceptors (Lipinski definition) is 3. The highest BCUT2D eigenvalue weighted by Crippen LogP contribution is 2.05. The van der Waals surface area contributed by atoms with Gasteiger partial charge in [-0.05, 0) is 19.0 Å². The van der Waals surface area contributed by atoms with Crippen molar-refractivity contribution in [1.29, 1.82) is 0 Å². The largest absolute Gasteiger partial charge is 0.435 e. The summed E-state index contributed by atoms with van der Waals surface area (Å²) in [6.45, 7) is 10.6. The Morgan fingerprint density at radius 1 is 1.38 bits per heavy atom. The third-order valence-electron chi connectivity index (χ3n) is 1.65. The van der Waals surface area contributed by atoms with Gasteiger partial charge in [0.1, 0.15) is 0 Å². The van der Waals surface area contributed by atoms with E-state index in [0.29, 0.717) is 0 Å². The van der Waals surface area contributed by atoms with E-state index in [1.54, 1.807) is 0 Å². The Balaban J connectivity index is 0.000000226. The summed E-state index contributed by atoms with van der Waals surface area (Å²) in [7, 11) is 0. The summed E-state index contributed by atoms with van der Waals surface area (Å²) in [5.74, 6) is -0.329. The van der Waals surface area contributed by atoms with Crippen LogP contribution in [0.2, 0.25) is 0 Å². The second kappa shape index (κ2) is 7.40. The molecule has 0 bridgehead atoms. The predicted molar refractivity (Wildman–Crippen MR) is 53.0 cm³/mol. The minimum atomic E-state index is -0.329. The van der Waals surface area contributed by atoms with Crippen LogP contribution in [0, 0.1) is 0 Å². The number of esters is 1. The van der Waals surface area contributed by atoms with Crippen LogP contribution < -0.4 is 0 Å². The molecule has 3 heteroatoms. The van der Waals surface area contributed by atoms with Crippen LogP contribution in [0.25, 0.3) is 0 Å². The van der Waals surface area contributed by atoms with Gasteiger partial charge in [-0.1, -0.05) is 13.2 Å². The highest BCUT2D eigenvalue weighted by molar-refractivity contribution is 5.66. The number of rotatable bonds is 2.